The molecule has 1 aromatic heterocycles. The van der Waals surface area contributed by atoms with Gasteiger partial charge in [-0.1, -0.05) is 13.3 Å². The summed E-state index contributed by atoms with van der Waals surface area (Å²) in [6, 6.07) is 4.00. The molecule has 90 valence electrons. The molecule has 1 aromatic carbocycles. The fraction of sp³-hybridized carbons (Fsp3) is 0.308. The molecule has 4 heteroatoms. The number of phenols is 1. The maximum atomic E-state index is 12.9. The second kappa shape index (κ2) is 4.99. The van der Waals surface area contributed by atoms with E-state index in [9.17, 15) is 9.50 Å². The van der Waals surface area contributed by atoms with E-state index in [1.54, 1.807) is 12.3 Å². The molecular weight excluding hydrogens is 219 g/mol. The van der Waals surface area contributed by atoms with Crippen LogP contribution in [-0.2, 0) is 6.54 Å². The average molecular weight is 234 g/mol. The molecule has 17 heavy (non-hydrogen) atoms. The van der Waals surface area contributed by atoms with Crippen LogP contribution in [0.15, 0.2) is 30.6 Å². The summed E-state index contributed by atoms with van der Waals surface area (Å²) < 4.78 is 14.7. The predicted octanol–water partition coefficient (Wildman–Crippen LogP) is 3.19. The third-order valence-corrected chi connectivity index (χ3v) is 2.64. The van der Waals surface area contributed by atoms with E-state index in [2.05, 4.69) is 12.0 Å². The minimum absolute atomic E-state index is 0.0555. The van der Waals surface area contributed by atoms with Gasteiger partial charge in [0.25, 0.3) is 0 Å². The van der Waals surface area contributed by atoms with Gasteiger partial charge in [-0.15, -0.1) is 0 Å². The van der Waals surface area contributed by atoms with Crippen molar-refractivity contribution in [1.29, 1.82) is 0 Å². The molecule has 0 aliphatic carbocycles. The molecule has 0 spiro atoms. The van der Waals surface area contributed by atoms with E-state index in [1.165, 1.54) is 6.07 Å². The molecule has 0 bridgehead atoms. The van der Waals surface area contributed by atoms with E-state index in [0.29, 0.717) is 5.56 Å². The molecule has 0 radical (unpaired) electrons. The topological polar surface area (TPSA) is 38.0 Å². The zero-order valence-corrected chi connectivity index (χ0v) is 9.73. The van der Waals surface area contributed by atoms with Gasteiger partial charge < -0.3 is 5.11 Å². The van der Waals surface area contributed by atoms with Crippen molar-refractivity contribution in [1.82, 2.24) is 9.78 Å². The number of hydrogen-bond donors (Lipinski definition) is 1. The van der Waals surface area contributed by atoms with Crippen molar-refractivity contribution in [3.8, 4) is 16.9 Å². The van der Waals surface area contributed by atoms with Gasteiger partial charge in [0.15, 0.2) is 0 Å². The summed E-state index contributed by atoms with van der Waals surface area (Å²) >= 11 is 0. The number of unbranched alkanes of at least 4 members (excludes halogenated alkanes) is 1. The number of aryl methyl sites for hydroxylation is 1. The van der Waals surface area contributed by atoms with Gasteiger partial charge in [0.05, 0.1) is 6.20 Å². The zero-order chi connectivity index (χ0) is 12.3. The van der Waals surface area contributed by atoms with Crippen LogP contribution in [0, 0.1) is 5.82 Å². The fourth-order valence-corrected chi connectivity index (χ4v) is 1.69. The van der Waals surface area contributed by atoms with E-state index < -0.39 is 5.82 Å². The SMILES string of the molecule is CCCCn1cc(-c2ccc(F)cc2O)cn1. The standard InChI is InChI=1S/C13H15FN2O/c1-2-3-6-16-9-10(8-15-16)12-5-4-11(14)7-13(12)17/h4-5,7-9,17H,2-3,6H2,1H3. The first kappa shape index (κ1) is 11.6. The fourth-order valence-electron chi connectivity index (χ4n) is 1.69. The average Bonchev–Trinajstić information content (AvgIpc) is 2.75. The molecule has 1 N–H and O–H groups in total. The molecule has 0 fully saturated rings. The molecule has 0 saturated heterocycles. The molecule has 2 rings (SSSR count). The molecule has 2 aromatic rings. The van der Waals surface area contributed by atoms with Crippen molar-refractivity contribution in [3.63, 3.8) is 0 Å². The van der Waals surface area contributed by atoms with Crippen LogP contribution in [0.4, 0.5) is 4.39 Å². The summed E-state index contributed by atoms with van der Waals surface area (Å²) in [6.07, 6.45) is 5.72. The molecule has 0 aliphatic heterocycles. The van der Waals surface area contributed by atoms with Crippen LogP contribution in [0.5, 0.6) is 5.75 Å². The first-order valence-electron chi connectivity index (χ1n) is 5.72. The van der Waals surface area contributed by atoms with Gasteiger partial charge in [-0.2, -0.15) is 5.10 Å². The summed E-state index contributed by atoms with van der Waals surface area (Å²) in [5.74, 6) is -0.496. The molecule has 0 amide bonds. The Labute approximate surface area is 99.5 Å². The summed E-state index contributed by atoms with van der Waals surface area (Å²) in [4.78, 5) is 0. The van der Waals surface area contributed by atoms with E-state index in [0.717, 1.165) is 31.0 Å². The minimum atomic E-state index is -0.440. The van der Waals surface area contributed by atoms with Gasteiger partial charge in [0.2, 0.25) is 0 Å². The van der Waals surface area contributed by atoms with E-state index in [4.69, 9.17) is 0 Å². The second-order valence-electron chi connectivity index (χ2n) is 4.01. The highest BCUT2D eigenvalue weighted by molar-refractivity contribution is 5.68. The second-order valence-corrected chi connectivity index (χ2v) is 4.01. The quantitative estimate of drug-likeness (QED) is 0.882. The lowest BCUT2D eigenvalue weighted by Crippen LogP contribution is -1.96. The van der Waals surface area contributed by atoms with Gasteiger partial charge in [0, 0.05) is 29.9 Å². The molecule has 1 heterocycles. The van der Waals surface area contributed by atoms with Crippen LogP contribution in [0.3, 0.4) is 0 Å². The Balaban J connectivity index is 2.24. The molecule has 0 aliphatic rings. The smallest absolute Gasteiger partial charge is 0.126 e. The van der Waals surface area contributed by atoms with E-state index in [-0.39, 0.29) is 5.75 Å². The number of benzene rings is 1. The summed E-state index contributed by atoms with van der Waals surface area (Å²) in [7, 11) is 0. The van der Waals surface area contributed by atoms with Crippen LogP contribution in [0.1, 0.15) is 19.8 Å². The molecular formula is C13H15FN2O. The number of nitrogens with zero attached hydrogens (tertiary/aromatic N) is 2. The van der Waals surface area contributed by atoms with Crippen LogP contribution in [0.25, 0.3) is 11.1 Å². The lowest BCUT2D eigenvalue weighted by molar-refractivity contribution is 0.471. The molecule has 3 nitrogen and oxygen atoms in total. The van der Waals surface area contributed by atoms with Crippen LogP contribution in [-0.4, -0.2) is 14.9 Å². The third-order valence-electron chi connectivity index (χ3n) is 2.64. The molecule has 0 unspecified atom stereocenters. The van der Waals surface area contributed by atoms with E-state index >= 15 is 0 Å². The van der Waals surface area contributed by atoms with Gasteiger partial charge in [-0.3, -0.25) is 4.68 Å². The lowest BCUT2D eigenvalue weighted by atomic mass is 10.1. The summed E-state index contributed by atoms with van der Waals surface area (Å²) in [6.45, 7) is 2.98. The van der Waals surface area contributed by atoms with Crippen molar-refractivity contribution < 1.29 is 9.50 Å². The number of aromatic hydroxyl groups is 1. The normalized spacial score (nSPS) is 10.7. The molecule has 0 saturated carbocycles. The van der Waals surface area contributed by atoms with Crippen molar-refractivity contribution in [2.75, 3.05) is 0 Å². The highest BCUT2D eigenvalue weighted by Crippen LogP contribution is 2.29. The molecule has 0 atom stereocenters. The predicted molar refractivity (Wildman–Crippen MR) is 64.2 cm³/mol. The van der Waals surface area contributed by atoms with Gasteiger partial charge >= 0.3 is 0 Å². The Morgan fingerprint density at radius 1 is 1.41 bits per heavy atom. The number of halogens is 1. The van der Waals surface area contributed by atoms with Crippen molar-refractivity contribution in [3.05, 3.63) is 36.4 Å². The Morgan fingerprint density at radius 2 is 2.24 bits per heavy atom. The Bertz CT molecular complexity index is 508. The van der Waals surface area contributed by atoms with Gasteiger partial charge in [0.1, 0.15) is 11.6 Å². The third kappa shape index (κ3) is 2.64. The summed E-state index contributed by atoms with van der Waals surface area (Å²) in [5, 5.41) is 13.9. The van der Waals surface area contributed by atoms with Crippen molar-refractivity contribution in [2.24, 2.45) is 0 Å². The Kier molecular flexibility index (Phi) is 3.42. The Hall–Kier alpha value is -1.84. The van der Waals surface area contributed by atoms with Gasteiger partial charge in [-0.25, -0.2) is 4.39 Å². The van der Waals surface area contributed by atoms with Crippen LogP contribution in [0.2, 0.25) is 0 Å². The zero-order valence-electron chi connectivity index (χ0n) is 9.73. The van der Waals surface area contributed by atoms with E-state index in [1.807, 2.05) is 10.9 Å². The highest BCUT2D eigenvalue weighted by Gasteiger charge is 2.07. The van der Waals surface area contributed by atoms with Crippen molar-refractivity contribution >= 4 is 0 Å². The van der Waals surface area contributed by atoms with Crippen LogP contribution < -0.4 is 0 Å². The van der Waals surface area contributed by atoms with Crippen molar-refractivity contribution in [2.45, 2.75) is 26.3 Å². The van der Waals surface area contributed by atoms with Gasteiger partial charge in [-0.05, 0) is 18.6 Å². The first-order valence-corrected chi connectivity index (χ1v) is 5.72. The largest absolute Gasteiger partial charge is 0.507 e. The minimum Gasteiger partial charge on any atom is -0.507 e. The monoisotopic (exact) mass is 234 g/mol. The van der Waals surface area contributed by atoms with Crippen LogP contribution >= 0.6 is 0 Å². The summed E-state index contributed by atoms with van der Waals surface area (Å²) in [5.41, 5.74) is 1.41. The number of hydrogen-bond acceptors (Lipinski definition) is 2. The number of rotatable bonds is 4. The maximum absolute atomic E-state index is 12.9. The first-order chi connectivity index (χ1) is 8.20. The number of phenolic OH excluding ortho intramolecular Hbond substituents is 1. The lowest BCUT2D eigenvalue weighted by Gasteiger charge is -2.01. The maximum Gasteiger partial charge on any atom is 0.126 e. The Morgan fingerprint density at radius 3 is 2.94 bits per heavy atom. The highest BCUT2D eigenvalue weighted by atomic mass is 19.1. The number of aromatic nitrogens is 2.